The van der Waals surface area contributed by atoms with Crippen LogP contribution < -0.4 is 4.74 Å². The monoisotopic (exact) mass is 478 g/mol. The highest BCUT2D eigenvalue weighted by Crippen LogP contribution is 2.44. The van der Waals surface area contributed by atoms with Gasteiger partial charge in [-0.05, 0) is 52.8 Å². The van der Waals surface area contributed by atoms with Crippen molar-refractivity contribution in [1.29, 1.82) is 0 Å². The lowest BCUT2D eigenvalue weighted by atomic mass is 9.71. The molecule has 0 aliphatic heterocycles. The van der Waals surface area contributed by atoms with Gasteiger partial charge in [-0.2, -0.15) is 0 Å². The molecule has 0 amide bonds. The van der Waals surface area contributed by atoms with E-state index in [1.54, 1.807) is 0 Å². The van der Waals surface area contributed by atoms with Crippen LogP contribution in [0.25, 0.3) is 0 Å². The zero-order valence-electron chi connectivity index (χ0n) is 21.7. The lowest BCUT2D eigenvalue weighted by molar-refractivity contribution is -0.126. The van der Waals surface area contributed by atoms with Crippen molar-refractivity contribution in [2.75, 3.05) is 6.61 Å². The fourth-order valence-corrected chi connectivity index (χ4v) is 5.29. The average molecular weight is 479 g/mol. The smallest absolute Gasteiger partial charge is 0.158 e. The summed E-state index contributed by atoms with van der Waals surface area (Å²) >= 11 is 0. The van der Waals surface area contributed by atoms with E-state index in [9.17, 15) is 14.7 Å². The molecule has 190 valence electrons. The maximum Gasteiger partial charge on any atom is 0.158 e. The molecule has 2 aromatic carbocycles. The second-order valence-corrected chi connectivity index (χ2v) is 10.8. The molecular formula is C31H42O4. The highest BCUT2D eigenvalue weighted by Gasteiger charge is 2.34. The van der Waals surface area contributed by atoms with E-state index in [-0.39, 0.29) is 28.8 Å². The van der Waals surface area contributed by atoms with Crippen LogP contribution in [0.3, 0.4) is 0 Å². The first-order valence-corrected chi connectivity index (χ1v) is 13.3. The number of hydrogen-bond donors (Lipinski definition) is 1. The molecule has 0 heterocycles. The molecule has 3 rings (SSSR count). The van der Waals surface area contributed by atoms with Gasteiger partial charge in [0.15, 0.2) is 5.78 Å². The van der Waals surface area contributed by atoms with Crippen molar-refractivity contribution < 1.29 is 19.4 Å². The van der Waals surface area contributed by atoms with Crippen LogP contribution in [-0.4, -0.2) is 23.3 Å². The molecule has 1 aliphatic carbocycles. The van der Waals surface area contributed by atoms with Crippen LogP contribution in [0.15, 0.2) is 48.5 Å². The van der Waals surface area contributed by atoms with E-state index < -0.39 is 6.61 Å². The van der Waals surface area contributed by atoms with Gasteiger partial charge in [0, 0.05) is 19.3 Å². The molecule has 4 heteroatoms. The summed E-state index contributed by atoms with van der Waals surface area (Å²) in [6, 6.07) is 16.6. The number of unbranched alkanes of at least 4 members (excludes halogenated alkanes) is 3. The lowest BCUT2D eigenvalue weighted by Gasteiger charge is -2.33. The van der Waals surface area contributed by atoms with Crippen LogP contribution in [0.5, 0.6) is 5.75 Å². The summed E-state index contributed by atoms with van der Waals surface area (Å²) in [5.74, 6) is 0.857. The Kier molecular flexibility index (Phi) is 10.1. The SMILES string of the molecule is CCCCCCC(C)(C)c1ccc([C@H]2CC(=O)CC[C@@H]2CC(=O)CO)c(OCc2ccccc2)c1. The quantitative estimate of drug-likeness (QED) is 0.317. The fourth-order valence-electron chi connectivity index (χ4n) is 5.29. The van der Waals surface area contributed by atoms with Gasteiger partial charge in [-0.25, -0.2) is 0 Å². The van der Waals surface area contributed by atoms with Gasteiger partial charge in [-0.3, -0.25) is 9.59 Å². The third-order valence-corrected chi connectivity index (χ3v) is 7.56. The molecule has 4 nitrogen and oxygen atoms in total. The van der Waals surface area contributed by atoms with Gasteiger partial charge < -0.3 is 9.84 Å². The van der Waals surface area contributed by atoms with E-state index in [0.29, 0.717) is 32.3 Å². The lowest BCUT2D eigenvalue weighted by Crippen LogP contribution is -2.27. The van der Waals surface area contributed by atoms with E-state index in [2.05, 4.69) is 39.0 Å². The minimum absolute atomic E-state index is 0.0196. The third kappa shape index (κ3) is 7.76. The number of carbonyl (C=O) groups excluding carboxylic acids is 2. The van der Waals surface area contributed by atoms with E-state index >= 15 is 0 Å². The largest absolute Gasteiger partial charge is 0.489 e. The zero-order valence-corrected chi connectivity index (χ0v) is 21.7. The molecule has 2 aromatic rings. The van der Waals surface area contributed by atoms with Crippen LogP contribution in [0.2, 0.25) is 0 Å². The van der Waals surface area contributed by atoms with Crippen LogP contribution in [0, 0.1) is 5.92 Å². The van der Waals surface area contributed by atoms with E-state index in [1.807, 2.05) is 30.3 Å². The number of ketones is 2. The first-order chi connectivity index (χ1) is 16.8. The minimum atomic E-state index is -0.445. The van der Waals surface area contributed by atoms with E-state index in [0.717, 1.165) is 23.3 Å². The number of hydrogen-bond acceptors (Lipinski definition) is 4. The Morgan fingerprint density at radius 3 is 2.57 bits per heavy atom. The van der Waals surface area contributed by atoms with Crippen molar-refractivity contribution in [3.05, 3.63) is 65.2 Å². The number of aliphatic hydroxyl groups is 1. The Balaban J connectivity index is 1.92. The molecule has 1 fully saturated rings. The molecule has 0 spiro atoms. The van der Waals surface area contributed by atoms with E-state index in [4.69, 9.17) is 4.74 Å². The molecule has 1 aliphatic rings. The average Bonchev–Trinajstić information content (AvgIpc) is 2.87. The van der Waals surface area contributed by atoms with Gasteiger partial charge in [0.05, 0.1) is 0 Å². The molecule has 0 bridgehead atoms. The van der Waals surface area contributed by atoms with E-state index in [1.165, 1.54) is 31.2 Å². The molecule has 35 heavy (non-hydrogen) atoms. The maximum absolute atomic E-state index is 12.5. The summed E-state index contributed by atoms with van der Waals surface area (Å²) in [5, 5.41) is 9.33. The fraction of sp³-hybridized carbons (Fsp3) is 0.548. The second-order valence-electron chi connectivity index (χ2n) is 10.8. The van der Waals surface area contributed by atoms with Crippen LogP contribution in [0.4, 0.5) is 0 Å². The normalized spacial score (nSPS) is 18.5. The predicted molar refractivity (Wildman–Crippen MR) is 141 cm³/mol. The Hall–Kier alpha value is -2.46. The van der Waals surface area contributed by atoms with Gasteiger partial charge in [0.2, 0.25) is 0 Å². The third-order valence-electron chi connectivity index (χ3n) is 7.56. The Bertz CT molecular complexity index is 963. The minimum Gasteiger partial charge on any atom is -0.489 e. The first-order valence-electron chi connectivity index (χ1n) is 13.3. The summed E-state index contributed by atoms with van der Waals surface area (Å²) in [6.45, 7) is 6.83. The molecule has 0 unspecified atom stereocenters. The standard InChI is InChI=1S/C31H42O4/c1-4-5-6-10-17-31(2,3)25-14-16-28(30(19-25)35-22-23-11-8-7-9-12-23)29-20-26(33)15-13-24(29)18-27(34)21-32/h7-9,11-12,14,16,19,24,29,32H,4-6,10,13,15,17-18,20-22H2,1-3H3/t24-,29+/m1/s1. The van der Waals surface area contributed by atoms with Crippen LogP contribution in [0.1, 0.15) is 101 Å². The Labute approximate surface area is 211 Å². The molecule has 1 saturated carbocycles. The van der Waals surface area contributed by atoms with Gasteiger partial charge in [0.25, 0.3) is 0 Å². The van der Waals surface area contributed by atoms with Crippen molar-refractivity contribution in [3.8, 4) is 5.75 Å². The van der Waals surface area contributed by atoms with Crippen molar-refractivity contribution in [2.24, 2.45) is 5.92 Å². The molecular weight excluding hydrogens is 436 g/mol. The van der Waals surface area contributed by atoms with Crippen molar-refractivity contribution in [1.82, 2.24) is 0 Å². The predicted octanol–water partition coefficient (Wildman–Crippen LogP) is 6.92. The number of ether oxygens (including phenoxy) is 1. The highest BCUT2D eigenvalue weighted by atomic mass is 16.5. The maximum atomic E-state index is 12.5. The van der Waals surface area contributed by atoms with Gasteiger partial charge >= 0.3 is 0 Å². The molecule has 1 N–H and O–H groups in total. The number of aliphatic hydroxyl groups excluding tert-OH is 1. The molecule has 0 saturated heterocycles. The zero-order chi connectivity index (χ0) is 25.3. The Morgan fingerprint density at radius 1 is 1.09 bits per heavy atom. The summed E-state index contributed by atoms with van der Waals surface area (Å²) in [4.78, 5) is 24.6. The number of benzene rings is 2. The van der Waals surface area contributed by atoms with Gasteiger partial charge in [-0.1, -0.05) is 88.9 Å². The van der Waals surface area contributed by atoms with Gasteiger partial charge in [0.1, 0.15) is 24.7 Å². The Morgan fingerprint density at radius 2 is 1.86 bits per heavy atom. The van der Waals surface area contributed by atoms with Crippen molar-refractivity contribution >= 4 is 11.6 Å². The molecule has 0 aromatic heterocycles. The van der Waals surface area contributed by atoms with Crippen molar-refractivity contribution in [2.45, 2.75) is 96.5 Å². The molecule has 2 atom stereocenters. The highest BCUT2D eigenvalue weighted by molar-refractivity contribution is 5.82. The summed E-state index contributed by atoms with van der Waals surface area (Å²) in [7, 11) is 0. The summed E-state index contributed by atoms with van der Waals surface area (Å²) < 4.78 is 6.42. The summed E-state index contributed by atoms with van der Waals surface area (Å²) in [6.07, 6.45) is 7.96. The summed E-state index contributed by atoms with van der Waals surface area (Å²) in [5.41, 5.74) is 3.36. The number of rotatable bonds is 13. The number of carbonyl (C=O) groups is 2. The number of Topliss-reactive ketones (excluding diaryl/α,β-unsaturated/α-hetero) is 2. The second kappa shape index (κ2) is 13.0. The molecule has 0 radical (unpaired) electrons. The van der Waals surface area contributed by atoms with Crippen LogP contribution in [-0.2, 0) is 21.6 Å². The first kappa shape index (κ1) is 27.1. The van der Waals surface area contributed by atoms with Gasteiger partial charge in [-0.15, -0.1) is 0 Å². The topological polar surface area (TPSA) is 63.6 Å². The van der Waals surface area contributed by atoms with Crippen molar-refractivity contribution in [3.63, 3.8) is 0 Å². The van der Waals surface area contributed by atoms with Crippen LogP contribution >= 0.6 is 0 Å².